The van der Waals surface area contributed by atoms with Crippen LogP contribution >= 0.6 is 0 Å². The third-order valence-corrected chi connectivity index (χ3v) is 5.56. The van der Waals surface area contributed by atoms with Crippen molar-refractivity contribution in [3.63, 3.8) is 0 Å². The Bertz CT molecular complexity index is 1040. The summed E-state index contributed by atoms with van der Waals surface area (Å²) in [6, 6.07) is 5.65. The highest BCUT2D eigenvalue weighted by Gasteiger charge is 2.46. The molecule has 0 radical (unpaired) electrons. The Morgan fingerprint density at radius 1 is 0.949 bits per heavy atom. The van der Waals surface area contributed by atoms with Crippen LogP contribution in [0.15, 0.2) is 35.8 Å². The van der Waals surface area contributed by atoms with Gasteiger partial charge in [0.15, 0.2) is 11.5 Å². The molecule has 0 saturated heterocycles. The van der Waals surface area contributed by atoms with Crippen LogP contribution in [0.25, 0.3) is 0 Å². The minimum atomic E-state index is -2.16. The summed E-state index contributed by atoms with van der Waals surface area (Å²) < 4.78 is 41.2. The number of alkyl halides is 1. The molecule has 0 amide bonds. The fourth-order valence-electron chi connectivity index (χ4n) is 3.55. The number of rotatable bonds is 14. The molecule has 11 nitrogen and oxygen atoms in total. The molecule has 1 aliphatic heterocycles. The third kappa shape index (κ3) is 9.32. The second-order valence-electron chi connectivity index (χ2n) is 9.11. The van der Waals surface area contributed by atoms with Gasteiger partial charge in [0, 0.05) is 25.7 Å². The van der Waals surface area contributed by atoms with Gasteiger partial charge in [-0.05, 0) is 37.0 Å². The Balaban J connectivity index is 2.40. The summed E-state index contributed by atoms with van der Waals surface area (Å²) >= 11 is 0. The summed E-state index contributed by atoms with van der Waals surface area (Å²) in [5, 5.41) is 9.48. The van der Waals surface area contributed by atoms with Crippen molar-refractivity contribution in [2.45, 2.75) is 83.6 Å². The Morgan fingerprint density at radius 3 is 2.08 bits per heavy atom. The molecule has 3 atom stereocenters. The molecule has 0 spiro atoms. The van der Waals surface area contributed by atoms with Gasteiger partial charge in [-0.1, -0.05) is 32.9 Å². The van der Waals surface area contributed by atoms with Crippen LogP contribution < -0.4 is 5.73 Å². The SMILES string of the molecule is CCCC(=O)OC1=C(OC(=O)CCC)[C@@H](OC(=O)CCC)[C@H](OC(=O)[C@](N)(CF)Cc2ccc(O)cc2)OC1. The van der Waals surface area contributed by atoms with Crippen molar-refractivity contribution in [3.8, 4) is 5.75 Å². The number of esters is 4. The molecule has 0 bridgehead atoms. The van der Waals surface area contributed by atoms with Crippen molar-refractivity contribution in [2.24, 2.45) is 5.73 Å². The average Bonchev–Trinajstić information content (AvgIpc) is 2.89. The van der Waals surface area contributed by atoms with Crippen molar-refractivity contribution < 1.29 is 52.4 Å². The quantitative estimate of drug-likeness (QED) is 0.257. The minimum absolute atomic E-state index is 0.00101. The van der Waals surface area contributed by atoms with Crippen LogP contribution in [0.3, 0.4) is 0 Å². The van der Waals surface area contributed by atoms with Crippen LogP contribution in [0.5, 0.6) is 5.75 Å². The van der Waals surface area contributed by atoms with E-state index in [0.29, 0.717) is 24.8 Å². The summed E-state index contributed by atoms with van der Waals surface area (Å²) in [5.74, 6) is -3.88. The molecule has 1 aliphatic rings. The van der Waals surface area contributed by atoms with Crippen molar-refractivity contribution >= 4 is 23.9 Å². The van der Waals surface area contributed by atoms with Gasteiger partial charge in [-0.25, -0.2) is 9.18 Å². The van der Waals surface area contributed by atoms with E-state index in [1.165, 1.54) is 24.3 Å². The van der Waals surface area contributed by atoms with Crippen molar-refractivity contribution in [1.82, 2.24) is 0 Å². The number of carbonyl (C=O) groups is 4. The molecule has 3 N–H and O–H groups in total. The van der Waals surface area contributed by atoms with Gasteiger partial charge in [-0.2, -0.15) is 0 Å². The van der Waals surface area contributed by atoms with Gasteiger partial charge in [0.25, 0.3) is 0 Å². The van der Waals surface area contributed by atoms with Crippen molar-refractivity contribution in [3.05, 3.63) is 41.3 Å². The van der Waals surface area contributed by atoms with E-state index in [9.17, 15) is 28.7 Å². The number of carbonyl (C=O) groups excluding carboxylic acids is 4. The lowest BCUT2D eigenvalue weighted by Crippen LogP contribution is -2.56. The summed E-state index contributed by atoms with van der Waals surface area (Å²) in [5.41, 5.74) is 4.35. The Labute approximate surface area is 226 Å². The highest BCUT2D eigenvalue weighted by atomic mass is 19.1. The number of aromatic hydroxyl groups is 1. The predicted octanol–water partition coefficient (Wildman–Crippen LogP) is 3.11. The number of hydrogen-bond donors (Lipinski definition) is 2. The molecule has 1 aromatic rings. The second-order valence-corrected chi connectivity index (χ2v) is 9.11. The summed E-state index contributed by atoms with van der Waals surface area (Å²) in [6.07, 6.45) is -2.23. The Kier molecular flexibility index (Phi) is 12.3. The molecule has 1 heterocycles. The van der Waals surface area contributed by atoms with Gasteiger partial charge >= 0.3 is 23.9 Å². The van der Waals surface area contributed by atoms with Crippen LogP contribution in [-0.4, -0.2) is 60.2 Å². The van der Waals surface area contributed by atoms with Crippen LogP contribution in [0.2, 0.25) is 0 Å². The summed E-state index contributed by atoms with van der Waals surface area (Å²) in [7, 11) is 0. The van der Waals surface area contributed by atoms with Crippen LogP contribution in [-0.2, 0) is 49.3 Å². The van der Waals surface area contributed by atoms with E-state index in [0.717, 1.165) is 0 Å². The first kappa shape index (κ1) is 31.7. The molecule has 1 aromatic carbocycles. The Morgan fingerprint density at radius 2 is 1.51 bits per heavy atom. The largest absolute Gasteiger partial charge is 0.508 e. The van der Waals surface area contributed by atoms with Gasteiger partial charge in [0.1, 0.15) is 24.6 Å². The topological polar surface area (TPSA) is 161 Å². The first-order chi connectivity index (χ1) is 18.6. The van der Waals surface area contributed by atoms with E-state index in [1.807, 2.05) is 0 Å². The number of ether oxygens (including phenoxy) is 5. The maximum atomic E-state index is 14.1. The van der Waals surface area contributed by atoms with E-state index >= 15 is 0 Å². The van der Waals surface area contributed by atoms with E-state index in [2.05, 4.69) is 0 Å². The maximum absolute atomic E-state index is 14.1. The molecule has 0 saturated carbocycles. The normalized spacial score (nSPS) is 18.6. The first-order valence-corrected chi connectivity index (χ1v) is 12.9. The molecule has 0 fully saturated rings. The van der Waals surface area contributed by atoms with Gasteiger partial charge in [0.05, 0.1) is 0 Å². The number of phenolic OH excluding ortho intramolecular Hbond substituents is 1. The smallest absolute Gasteiger partial charge is 0.331 e. The Hall–Kier alpha value is -3.51. The van der Waals surface area contributed by atoms with Gasteiger partial charge in [-0.3, -0.25) is 14.4 Å². The van der Waals surface area contributed by atoms with E-state index in [1.54, 1.807) is 20.8 Å². The molecule has 0 aliphatic carbocycles. The van der Waals surface area contributed by atoms with E-state index in [-0.39, 0.29) is 43.0 Å². The molecule has 12 heteroatoms. The van der Waals surface area contributed by atoms with Gasteiger partial charge in [0.2, 0.25) is 12.4 Å². The predicted molar refractivity (Wildman–Crippen MR) is 134 cm³/mol. The second kappa shape index (κ2) is 15.2. The lowest BCUT2D eigenvalue weighted by atomic mass is 9.93. The molecule has 0 unspecified atom stereocenters. The van der Waals surface area contributed by atoms with Crippen molar-refractivity contribution in [1.29, 1.82) is 0 Å². The standard InChI is InChI=1S/C27H36FNO10/c1-4-7-20(31)36-19-15-35-25(24(38-22(33)9-6-3)23(19)37-21(32)8-5-2)39-26(34)27(29,16-28)14-17-10-12-18(30)13-11-17/h10-13,24-25,30H,4-9,14-16,29H2,1-3H3/t24-,25+,27-/m1/s1. The zero-order valence-electron chi connectivity index (χ0n) is 22.4. The fraction of sp³-hybridized carbons (Fsp3) is 0.556. The van der Waals surface area contributed by atoms with Crippen LogP contribution in [0.4, 0.5) is 4.39 Å². The van der Waals surface area contributed by atoms with E-state index < -0.39 is 55.1 Å². The monoisotopic (exact) mass is 553 g/mol. The molecular weight excluding hydrogens is 517 g/mol. The number of hydrogen-bond acceptors (Lipinski definition) is 11. The molecule has 216 valence electrons. The summed E-state index contributed by atoms with van der Waals surface area (Å²) in [4.78, 5) is 50.2. The van der Waals surface area contributed by atoms with Crippen LogP contribution in [0.1, 0.15) is 64.9 Å². The molecule has 0 aromatic heterocycles. The first-order valence-electron chi connectivity index (χ1n) is 12.9. The summed E-state index contributed by atoms with van der Waals surface area (Å²) in [6.45, 7) is 3.46. The highest BCUT2D eigenvalue weighted by molar-refractivity contribution is 5.81. The molecule has 39 heavy (non-hydrogen) atoms. The lowest BCUT2D eigenvalue weighted by molar-refractivity contribution is -0.224. The zero-order chi connectivity index (χ0) is 29.0. The lowest BCUT2D eigenvalue weighted by Gasteiger charge is -2.34. The number of benzene rings is 1. The van der Waals surface area contributed by atoms with Crippen LogP contribution in [0, 0.1) is 0 Å². The highest BCUT2D eigenvalue weighted by Crippen LogP contribution is 2.30. The van der Waals surface area contributed by atoms with Gasteiger partial charge < -0.3 is 34.5 Å². The minimum Gasteiger partial charge on any atom is -0.508 e. The number of nitrogens with two attached hydrogens (primary N) is 1. The fourth-order valence-corrected chi connectivity index (χ4v) is 3.55. The van der Waals surface area contributed by atoms with Gasteiger partial charge in [-0.15, -0.1) is 0 Å². The number of phenols is 1. The molecule has 2 rings (SSSR count). The maximum Gasteiger partial charge on any atom is 0.331 e. The third-order valence-electron chi connectivity index (χ3n) is 5.56. The number of halogens is 1. The molecular formula is C27H36FNO10. The van der Waals surface area contributed by atoms with Crippen molar-refractivity contribution in [2.75, 3.05) is 13.3 Å². The average molecular weight is 554 g/mol. The zero-order valence-corrected chi connectivity index (χ0v) is 22.4. The van der Waals surface area contributed by atoms with E-state index in [4.69, 9.17) is 29.4 Å².